The first-order valence-electron chi connectivity index (χ1n) is 7.53. The minimum Gasteiger partial charge on any atom is -0.355 e. The van der Waals surface area contributed by atoms with E-state index in [0.29, 0.717) is 26.2 Å². The number of nitro benzene ring substituents is 1. The smallest absolute Gasteiger partial charge is 0.269 e. The van der Waals surface area contributed by atoms with Crippen LogP contribution in [0.2, 0.25) is 0 Å². The number of nitrogens with zero attached hydrogens (tertiary/aromatic N) is 2. The lowest BCUT2D eigenvalue weighted by atomic mass is 9.96. The molecule has 0 spiro atoms. The van der Waals surface area contributed by atoms with E-state index in [1.54, 1.807) is 12.1 Å². The molecule has 0 aliphatic carbocycles. The van der Waals surface area contributed by atoms with Crippen LogP contribution in [0.25, 0.3) is 0 Å². The molecule has 7 heteroatoms. The van der Waals surface area contributed by atoms with E-state index < -0.39 is 4.92 Å². The lowest BCUT2D eigenvalue weighted by Crippen LogP contribution is -2.43. The van der Waals surface area contributed by atoms with Gasteiger partial charge >= 0.3 is 0 Å². The molecule has 0 aromatic heterocycles. The Hall–Kier alpha value is -1.99. The van der Waals surface area contributed by atoms with E-state index in [2.05, 4.69) is 10.2 Å². The molecule has 120 valence electrons. The van der Waals surface area contributed by atoms with Gasteiger partial charge in [0.05, 0.1) is 10.8 Å². The van der Waals surface area contributed by atoms with Gasteiger partial charge in [-0.3, -0.25) is 19.8 Å². The molecule has 1 aromatic carbocycles. The van der Waals surface area contributed by atoms with E-state index in [9.17, 15) is 14.9 Å². The quantitative estimate of drug-likeness (QED) is 0.600. The molecular formula is C15H22N4O3. The Kier molecular flexibility index (Phi) is 5.85. The molecule has 1 atom stereocenters. The van der Waals surface area contributed by atoms with Crippen LogP contribution in [-0.4, -0.2) is 41.9 Å². The molecule has 1 amide bonds. The van der Waals surface area contributed by atoms with Gasteiger partial charge in [0.15, 0.2) is 0 Å². The fraction of sp³-hybridized carbons (Fsp3) is 0.533. The predicted molar refractivity (Wildman–Crippen MR) is 83.2 cm³/mol. The molecule has 0 bridgehead atoms. The molecule has 2 rings (SSSR count). The molecule has 0 saturated carbocycles. The van der Waals surface area contributed by atoms with E-state index in [1.165, 1.54) is 12.1 Å². The normalized spacial score (nSPS) is 18.9. The molecule has 3 N–H and O–H groups in total. The molecule has 0 radical (unpaired) electrons. The maximum Gasteiger partial charge on any atom is 0.269 e. The topological polar surface area (TPSA) is 102 Å². The summed E-state index contributed by atoms with van der Waals surface area (Å²) in [5.41, 5.74) is 6.52. The number of carbonyl (C=O) groups is 1. The van der Waals surface area contributed by atoms with Gasteiger partial charge in [0.25, 0.3) is 5.69 Å². The van der Waals surface area contributed by atoms with Crippen LogP contribution >= 0.6 is 0 Å². The number of amides is 1. The van der Waals surface area contributed by atoms with Crippen molar-refractivity contribution in [2.24, 2.45) is 11.7 Å². The molecule has 1 heterocycles. The third kappa shape index (κ3) is 4.51. The van der Waals surface area contributed by atoms with Crippen LogP contribution in [0.4, 0.5) is 5.69 Å². The lowest BCUT2D eigenvalue weighted by Gasteiger charge is -2.32. The van der Waals surface area contributed by atoms with Crippen molar-refractivity contribution >= 4 is 11.6 Å². The average Bonchev–Trinajstić information content (AvgIpc) is 2.53. The molecule has 1 aliphatic heterocycles. The highest BCUT2D eigenvalue weighted by atomic mass is 16.6. The van der Waals surface area contributed by atoms with Crippen LogP contribution < -0.4 is 11.1 Å². The zero-order chi connectivity index (χ0) is 15.9. The van der Waals surface area contributed by atoms with E-state index in [-0.39, 0.29) is 17.5 Å². The monoisotopic (exact) mass is 306 g/mol. The van der Waals surface area contributed by atoms with Gasteiger partial charge in [0.2, 0.25) is 5.91 Å². The summed E-state index contributed by atoms with van der Waals surface area (Å²) in [6, 6.07) is 6.59. The molecular weight excluding hydrogens is 284 g/mol. The number of nitrogens with two attached hydrogens (primary N) is 1. The second kappa shape index (κ2) is 7.86. The number of nitrogens with one attached hydrogen (secondary N) is 1. The van der Waals surface area contributed by atoms with Crippen molar-refractivity contribution in [1.82, 2.24) is 10.2 Å². The third-order valence-corrected chi connectivity index (χ3v) is 3.87. The minimum atomic E-state index is -0.400. The molecule has 1 aromatic rings. The van der Waals surface area contributed by atoms with Crippen LogP contribution in [-0.2, 0) is 11.3 Å². The van der Waals surface area contributed by atoms with E-state index >= 15 is 0 Å². The Morgan fingerprint density at radius 1 is 1.41 bits per heavy atom. The summed E-state index contributed by atoms with van der Waals surface area (Å²) < 4.78 is 0. The maximum absolute atomic E-state index is 12.0. The number of hydrogen-bond donors (Lipinski definition) is 2. The molecule has 22 heavy (non-hydrogen) atoms. The van der Waals surface area contributed by atoms with Crippen molar-refractivity contribution in [3.05, 3.63) is 39.9 Å². The van der Waals surface area contributed by atoms with Crippen LogP contribution in [0.1, 0.15) is 18.4 Å². The van der Waals surface area contributed by atoms with E-state index in [0.717, 1.165) is 24.9 Å². The van der Waals surface area contributed by atoms with Gasteiger partial charge in [-0.25, -0.2) is 0 Å². The standard InChI is InChI=1S/C15H22N4O3/c16-7-8-17-15(20)13-2-1-9-18(11-13)10-12-3-5-14(6-4-12)19(21)22/h3-6,13H,1-2,7-11,16H2,(H,17,20). The van der Waals surface area contributed by atoms with Crippen LogP contribution in [0.15, 0.2) is 24.3 Å². The number of likely N-dealkylation sites (tertiary alicyclic amines) is 1. The Morgan fingerprint density at radius 3 is 2.77 bits per heavy atom. The number of non-ortho nitro benzene ring substituents is 1. The minimum absolute atomic E-state index is 0.00153. The number of rotatable bonds is 6. The molecule has 1 saturated heterocycles. The zero-order valence-corrected chi connectivity index (χ0v) is 12.5. The Morgan fingerprint density at radius 2 is 2.14 bits per heavy atom. The largest absolute Gasteiger partial charge is 0.355 e. The number of nitro groups is 1. The highest BCUT2D eigenvalue weighted by Crippen LogP contribution is 2.20. The zero-order valence-electron chi connectivity index (χ0n) is 12.5. The molecule has 1 fully saturated rings. The lowest BCUT2D eigenvalue weighted by molar-refractivity contribution is -0.384. The van der Waals surface area contributed by atoms with E-state index in [4.69, 9.17) is 5.73 Å². The maximum atomic E-state index is 12.0. The van der Waals surface area contributed by atoms with Crippen molar-refractivity contribution in [3.8, 4) is 0 Å². The van der Waals surface area contributed by atoms with Crippen molar-refractivity contribution < 1.29 is 9.72 Å². The average molecular weight is 306 g/mol. The fourth-order valence-corrected chi connectivity index (χ4v) is 2.73. The van der Waals surface area contributed by atoms with E-state index in [1.807, 2.05) is 0 Å². The first kappa shape index (κ1) is 16.4. The van der Waals surface area contributed by atoms with Gasteiger partial charge < -0.3 is 11.1 Å². The summed E-state index contributed by atoms with van der Waals surface area (Å²) in [5, 5.41) is 13.5. The Bertz CT molecular complexity index is 518. The third-order valence-electron chi connectivity index (χ3n) is 3.87. The molecule has 7 nitrogen and oxygen atoms in total. The van der Waals surface area contributed by atoms with Crippen LogP contribution in [0.3, 0.4) is 0 Å². The SMILES string of the molecule is NCCNC(=O)C1CCCN(Cc2ccc([N+](=O)[O-])cc2)C1. The van der Waals surface area contributed by atoms with Crippen molar-refractivity contribution in [3.63, 3.8) is 0 Å². The number of benzene rings is 1. The highest BCUT2D eigenvalue weighted by molar-refractivity contribution is 5.78. The van der Waals surface area contributed by atoms with Gasteiger partial charge in [-0.2, -0.15) is 0 Å². The second-order valence-electron chi connectivity index (χ2n) is 5.58. The first-order valence-corrected chi connectivity index (χ1v) is 7.53. The summed E-state index contributed by atoms with van der Waals surface area (Å²) in [6.45, 7) is 3.33. The van der Waals surface area contributed by atoms with Crippen LogP contribution in [0, 0.1) is 16.0 Å². The van der Waals surface area contributed by atoms with Gasteiger partial charge in [0, 0.05) is 38.3 Å². The second-order valence-corrected chi connectivity index (χ2v) is 5.58. The number of carbonyl (C=O) groups excluding carboxylic acids is 1. The molecule has 1 unspecified atom stereocenters. The Balaban J connectivity index is 1.89. The number of piperidine rings is 1. The predicted octanol–water partition coefficient (Wildman–Crippen LogP) is 0.882. The summed E-state index contributed by atoms with van der Waals surface area (Å²) in [5.74, 6) is 0.0668. The molecule has 1 aliphatic rings. The summed E-state index contributed by atoms with van der Waals surface area (Å²) in [7, 11) is 0. The van der Waals surface area contributed by atoms with Crippen molar-refractivity contribution in [2.45, 2.75) is 19.4 Å². The summed E-state index contributed by atoms with van der Waals surface area (Å²) in [6.07, 6.45) is 1.88. The van der Waals surface area contributed by atoms with Gasteiger partial charge in [-0.05, 0) is 24.9 Å². The summed E-state index contributed by atoms with van der Waals surface area (Å²) in [4.78, 5) is 24.5. The van der Waals surface area contributed by atoms with Crippen molar-refractivity contribution in [1.29, 1.82) is 0 Å². The van der Waals surface area contributed by atoms with Crippen molar-refractivity contribution in [2.75, 3.05) is 26.2 Å². The van der Waals surface area contributed by atoms with Gasteiger partial charge in [0.1, 0.15) is 0 Å². The van der Waals surface area contributed by atoms with Gasteiger partial charge in [-0.1, -0.05) is 12.1 Å². The van der Waals surface area contributed by atoms with Crippen LogP contribution in [0.5, 0.6) is 0 Å². The summed E-state index contributed by atoms with van der Waals surface area (Å²) >= 11 is 0. The number of hydrogen-bond acceptors (Lipinski definition) is 5. The first-order chi connectivity index (χ1) is 10.6. The fourth-order valence-electron chi connectivity index (χ4n) is 2.73. The highest BCUT2D eigenvalue weighted by Gasteiger charge is 2.25. The Labute approximate surface area is 129 Å². The van der Waals surface area contributed by atoms with Gasteiger partial charge in [-0.15, -0.1) is 0 Å².